The lowest BCUT2D eigenvalue weighted by Crippen LogP contribution is -2.15. The highest BCUT2D eigenvalue weighted by molar-refractivity contribution is 5.86. The summed E-state index contributed by atoms with van der Waals surface area (Å²) in [4.78, 5) is 11.8. The topological polar surface area (TPSA) is 109 Å². The van der Waals surface area contributed by atoms with Crippen molar-refractivity contribution in [2.45, 2.75) is 19.4 Å². The van der Waals surface area contributed by atoms with Crippen molar-refractivity contribution in [1.29, 1.82) is 0 Å². The van der Waals surface area contributed by atoms with Crippen LogP contribution in [0.25, 0.3) is 11.0 Å². The first-order valence-electron chi connectivity index (χ1n) is 7.06. The smallest absolute Gasteiger partial charge is 0.383 e. The summed E-state index contributed by atoms with van der Waals surface area (Å²) in [6, 6.07) is 4.57. The van der Waals surface area contributed by atoms with Gasteiger partial charge in [0.25, 0.3) is 5.75 Å². The molecular formula is C16H18O7. The molecule has 1 aromatic carbocycles. The molecule has 0 spiro atoms. The molecule has 1 atom stereocenters. The Morgan fingerprint density at radius 3 is 2.87 bits per heavy atom. The highest BCUT2D eigenvalue weighted by Crippen LogP contribution is 2.33. The Kier molecular flexibility index (Phi) is 5.61. The number of aromatic hydroxyl groups is 1. The van der Waals surface area contributed by atoms with Crippen LogP contribution in [-0.2, 0) is 0 Å². The maximum absolute atomic E-state index is 11.8. The minimum Gasteiger partial charge on any atom is -0.504 e. The first-order chi connectivity index (χ1) is 11.1. The lowest BCUT2D eigenvalue weighted by molar-refractivity contribution is 0.0754. The van der Waals surface area contributed by atoms with E-state index >= 15 is 0 Å². The molecule has 1 unspecified atom stereocenters. The third kappa shape index (κ3) is 4.02. The van der Waals surface area contributed by atoms with Gasteiger partial charge in [0.15, 0.2) is 5.75 Å². The van der Waals surface area contributed by atoms with Crippen LogP contribution >= 0.6 is 0 Å². The van der Waals surface area contributed by atoms with Gasteiger partial charge in [-0.05, 0) is 25.1 Å². The summed E-state index contributed by atoms with van der Waals surface area (Å²) in [6.07, 6.45) is 2.24. The number of hydrogen-bond donors (Lipinski definition) is 3. The van der Waals surface area contributed by atoms with E-state index in [0.29, 0.717) is 5.75 Å². The molecule has 0 aliphatic rings. The van der Waals surface area contributed by atoms with Gasteiger partial charge in [-0.1, -0.05) is 6.08 Å². The van der Waals surface area contributed by atoms with Gasteiger partial charge in [0.05, 0.1) is 31.0 Å². The van der Waals surface area contributed by atoms with Crippen molar-refractivity contribution in [3.05, 3.63) is 41.0 Å². The number of ether oxygens (including phenoxy) is 2. The molecule has 0 bridgehead atoms. The van der Waals surface area contributed by atoms with E-state index in [-0.39, 0.29) is 42.1 Å². The summed E-state index contributed by atoms with van der Waals surface area (Å²) >= 11 is 0. The number of hydrogen-bond acceptors (Lipinski definition) is 7. The van der Waals surface area contributed by atoms with Crippen molar-refractivity contribution in [2.75, 3.05) is 13.2 Å². The Morgan fingerprint density at radius 1 is 1.39 bits per heavy atom. The van der Waals surface area contributed by atoms with Gasteiger partial charge >= 0.3 is 5.63 Å². The van der Waals surface area contributed by atoms with E-state index in [4.69, 9.17) is 19.0 Å². The quantitative estimate of drug-likeness (QED) is 0.524. The fourth-order valence-electron chi connectivity index (χ4n) is 1.88. The zero-order chi connectivity index (χ0) is 16.8. The molecule has 2 aromatic rings. The first-order valence-corrected chi connectivity index (χ1v) is 7.06. The molecular weight excluding hydrogens is 304 g/mol. The fourth-order valence-corrected chi connectivity index (χ4v) is 1.88. The second-order valence-electron chi connectivity index (χ2n) is 4.79. The Morgan fingerprint density at radius 2 is 2.17 bits per heavy atom. The number of benzene rings is 1. The van der Waals surface area contributed by atoms with Crippen molar-refractivity contribution in [1.82, 2.24) is 0 Å². The van der Waals surface area contributed by atoms with Crippen molar-refractivity contribution < 1.29 is 29.2 Å². The summed E-state index contributed by atoms with van der Waals surface area (Å²) in [6.45, 7) is 1.55. The summed E-state index contributed by atoms with van der Waals surface area (Å²) in [7, 11) is 0. The van der Waals surface area contributed by atoms with Gasteiger partial charge in [0.2, 0.25) is 0 Å². The molecule has 0 amide bonds. The molecule has 0 radical (unpaired) electrons. The fraction of sp³-hybridized carbons (Fsp3) is 0.312. The molecule has 0 aliphatic carbocycles. The van der Waals surface area contributed by atoms with Crippen LogP contribution in [0, 0.1) is 0 Å². The molecule has 0 aliphatic heterocycles. The number of rotatable bonds is 7. The van der Waals surface area contributed by atoms with Crippen LogP contribution in [0.1, 0.15) is 13.3 Å². The zero-order valence-electron chi connectivity index (χ0n) is 12.6. The normalized spacial score (nSPS) is 12.7. The van der Waals surface area contributed by atoms with Crippen molar-refractivity contribution in [2.24, 2.45) is 0 Å². The molecule has 7 heteroatoms. The van der Waals surface area contributed by atoms with Gasteiger partial charge in [-0.25, -0.2) is 4.79 Å². The molecule has 0 fully saturated rings. The van der Waals surface area contributed by atoms with Crippen LogP contribution in [0.5, 0.6) is 17.2 Å². The molecule has 1 heterocycles. The summed E-state index contributed by atoms with van der Waals surface area (Å²) in [5, 5.41) is 28.4. The van der Waals surface area contributed by atoms with E-state index in [9.17, 15) is 15.0 Å². The van der Waals surface area contributed by atoms with Crippen molar-refractivity contribution >= 4 is 11.0 Å². The SMILES string of the molecule is C/C=C\Oc1c(O)c2cc(OCCC(O)CO)ccc2oc1=O. The molecule has 124 valence electrons. The molecule has 1 aromatic heterocycles. The van der Waals surface area contributed by atoms with Gasteiger partial charge in [0, 0.05) is 6.42 Å². The van der Waals surface area contributed by atoms with Gasteiger partial charge < -0.3 is 29.2 Å². The molecule has 2 rings (SSSR count). The maximum Gasteiger partial charge on any atom is 0.383 e. The Balaban J connectivity index is 2.28. The molecule has 23 heavy (non-hydrogen) atoms. The lowest BCUT2D eigenvalue weighted by Gasteiger charge is -2.10. The van der Waals surface area contributed by atoms with Crippen LogP contribution in [-0.4, -0.2) is 34.6 Å². The minimum atomic E-state index is -0.845. The van der Waals surface area contributed by atoms with Gasteiger partial charge in [-0.3, -0.25) is 0 Å². The van der Waals surface area contributed by atoms with Crippen LogP contribution in [0.4, 0.5) is 0 Å². The number of allylic oxidation sites excluding steroid dienone is 1. The van der Waals surface area contributed by atoms with E-state index < -0.39 is 11.7 Å². The third-order valence-electron chi connectivity index (χ3n) is 3.06. The second kappa shape index (κ2) is 7.66. The Hall–Kier alpha value is -2.51. The van der Waals surface area contributed by atoms with Crippen LogP contribution in [0.15, 0.2) is 39.7 Å². The molecule has 0 saturated carbocycles. The van der Waals surface area contributed by atoms with Crippen molar-refractivity contribution in [3.8, 4) is 17.2 Å². The Labute approximate surface area is 132 Å². The van der Waals surface area contributed by atoms with Gasteiger partial charge in [-0.2, -0.15) is 0 Å². The average Bonchev–Trinajstić information content (AvgIpc) is 2.55. The predicted octanol–water partition coefficient (Wildman–Crippen LogP) is 1.53. The van der Waals surface area contributed by atoms with Gasteiger partial charge in [-0.15, -0.1) is 0 Å². The number of aliphatic hydroxyl groups is 2. The van der Waals surface area contributed by atoms with E-state index in [1.54, 1.807) is 19.1 Å². The van der Waals surface area contributed by atoms with E-state index in [1.807, 2.05) is 0 Å². The highest BCUT2D eigenvalue weighted by atomic mass is 16.5. The van der Waals surface area contributed by atoms with Crippen LogP contribution in [0.2, 0.25) is 0 Å². The minimum absolute atomic E-state index is 0.187. The summed E-state index contributed by atoms with van der Waals surface area (Å²) in [5.74, 6) is -0.220. The summed E-state index contributed by atoms with van der Waals surface area (Å²) in [5.41, 5.74) is -0.587. The first kappa shape index (κ1) is 16.9. The van der Waals surface area contributed by atoms with Crippen LogP contribution in [0.3, 0.4) is 0 Å². The largest absolute Gasteiger partial charge is 0.504 e. The monoisotopic (exact) mass is 322 g/mol. The second-order valence-corrected chi connectivity index (χ2v) is 4.79. The molecule has 0 saturated heterocycles. The van der Waals surface area contributed by atoms with E-state index in [1.165, 1.54) is 18.4 Å². The summed E-state index contributed by atoms with van der Waals surface area (Å²) < 4.78 is 15.6. The van der Waals surface area contributed by atoms with Crippen molar-refractivity contribution in [3.63, 3.8) is 0 Å². The lowest BCUT2D eigenvalue weighted by atomic mass is 10.2. The molecule has 7 nitrogen and oxygen atoms in total. The standard InChI is InChI=1S/C16H18O7/c1-2-6-22-15-14(19)12-8-11(21-7-5-10(18)9-17)3-4-13(12)23-16(15)20/h2-4,6,8,10,17-19H,5,7,9H2,1H3/b6-2-. The molecule has 3 N–H and O–H groups in total. The van der Waals surface area contributed by atoms with Gasteiger partial charge in [0.1, 0.15) is 11.3 Å². The zero-order valence-corrected chi connectivity index (χ0v) is 12.6. The highest BCUT2D eigenvalue weighted by Gasteiger charge is 2.15. The van der Waals surface area contributed by atoms with E-state index in [2.05, 4.69) is 0 Å². The number of fused-ring (bicyclic) bond motifs is 1. The number of aliphatic hydroxyl groups excluding tert-OH is 2. The van der Waals surface area contributed by atoms with Crippen LogP contribution < -0.4 is 15.1 Å². The predicted molar refractivity (Wildman–Crippen MR) is 82.8 cm³/mol. The van der Waals surface area contributed by atoms with E-state index in [0.717, 1.165) is 0 Å². The average molecular weight is 322 g/mol. The third-order valence-corrected chi connectivity index (χ3v) is 3.06. The Bertz CT molecular complexity index is 748. The maximum atomic E-state index is 11.8.